The quantitative estimate of drug-likeness (QED) is 0.149. The molecule has 0 aromatic heterocycles. The lowest BCUT2D eigenvalue weighted by Crippen LogP contribution is -2.37. The van der Waals surface area contributed by atoms with E-state index in [-0.39, 0.29) is 6.54 Å². The van der Waals surface area contributed by atoms with Crippen LogP contribution in [0.25, 0.3) is 0 Å². The average Bonchev–Trinajstić information content (AvgIpc) is 1.87. The molecule has 0 aromatic rings. The summed E-state index contributed by atoms with van der Waals surface area (Å²) in [6.07, 6.45) is -1.91. The van der Waals surface area contributed by atoms with Crippen molar-refractivity contribution in [2.75, 3.05) is 6.54 Å². The van der Waals surface area contributed by atoms with Crippen LogP contribution in [-0.4, -0.2) is 29.8 Å². The Morgan fingerprint density at radius 1 is 1.64 bits per heavy atom. The molecule has 0 aliphatic rings. The minimum Gasteiger partial charge on any atom is -0.425 e. The van der Waals surface area contributed by atoms with Crippen molar-refractivity contribution in [1.82, 2.24) is 5.43 Å². The number of nitrogens with one attached hydrogen (secondary N) is 1. The Morgan fingerprint density at radius 3 is 2.55 bits per heavy atom. The number of ether oxygens (including phenoxy) is 1. The van der Waals surface area contributed by atoms with E-state index in [1.165, 1.54) is 0 Å². The summed E-state index contributed by atoms with van der Waals surface area (Å²) in [4.78, 5) is 20.5. The molecule has 0 heterocycles. The second-order valence-electron chi connectivity index (χ2n) is 1.63. The minimum absolute atomic E-state index is 0.301. The fourth-order valence-corrected chi connectivity index (χ4v) is 0.308. The van der Waals surface area contributed by atoms with Gasteiger partial charge in [-0.2, -0.15) is 0 Å². The zero-order chi connectivity index (χ0) is 8.85. The third-order valence-corrected chi connectivity index (χ3v) is 0.733. The molecule has 0 aliphatic heterocycles. The minimum atomic E-state index is -1.91. The van der Waals surface area contributed by atoms with Crippen LogP contribution in [0, 0.1) is 0 Å². The number of aliphatic hydroxyl groups excluding tert-OH is 1. The van der Waals surface area contributed by atoms with Crippen molar-refractivity contribution in [2.24, 2.45) is 11.6 Å². The van der Waals surface area contributed by atoms with E-state index in [0.717, 1.165) is 0 Å². The van der Waals surface area contributed by atoms with Gasteiger partial charge in [-0.3, -0.25) is 15.4 Å². The van der Waals surface area contributed by atoms with Gasteiger partial charge < -0.3 is 15.6 Å². The maximum Gasteiger partial charge on any atom is 0.324 e. The highest BCUT2D eigenvalue weighted by molar-refractivity contribution is 5.81. The molecule has 0 fully saturated rings. The van der Waals surface area contributed by atoms with Gasteiger partial charge in [0.1, 0.15) is 6.54 Å². The van der Waals surface area contributed by atoms with Crippen LogP contribution in [0.4, 0.5) is 0 Å². The molecule has 1 unspecified atom stereocenters. The van der Waals surface area contributed by atoms with Crippen LogP contribution in [0.5, 0.6) is 0 Å². The molecule has 0 bridgehead atoms. The molecule has 64 valence electrons. The van der Waals surface area contributed by atoms with Crippen LogP contribution < -0.4 is 17.0 Å². The number of aliphatic hydroxyl groups is 1. The van der Waals surface area contributed by atoms with E-state index in [9.17, 15) is 9.59 Å². The first-order chi connectivity index (χ1) is 5.07. The van der Waals surface area contributed by atoms with Crippen LogP contribution in [0.2, 0.25) is 0 Å². The molecule has 0 rings (SSSR count). The Morgan fingerprint density at radius 2 is 2.18 bits per heavy atom. The molecule has 0 aliphatic carbocycles. The highest BCUT2D eigenvalue weighted by Crippen LogP contribution is 1.84. The number of nitrogens with two attached hydrogens (primary N) is 2. The second kappa shape index (κ2) is 4.61. The number of hydrazine groups is 1. The van der Waals surface area contributed by atoms with Gasteiger partial charge in [0.15, 0.2) is 0 Å². The normalized spacial score (nSPS) is 12.2. The van der Waals surface area contributed by atoms with E-state index in [2.05, 4.69) is 10.5 Å². The van der Waals surface area contributed by atoms with Gasteiger partial charge in [0.05, 0.1) is 0 Å². The lowest BCUT2D eigenvalue weighted by Gasteiger charge is -2.06. The Labute approximate surface area is 62.3 Å². The number of esters is 1. The third-order valence-electron chi connectivity index (χ3n) is 0.733. The lowest BCUT2D eigenvalue weighted by molar-refractivity contribution is -0.174. The van der Waals surface area contributed by atoms with Crippen LogP contribution in [0.15, 0.2) is 0 Å². The molecular weight excluding hydrogens is 154 g/mol. The van der Waals surface area contributed by atoms with Gasteiger partial charge >= 0.3 is 5.97 Å². The predicted molar refractivity (Wildman–Crippen MR) is 33.5 cm³/mol. The van der Waals surface area contributed by atoms with Crippen molar-refractivity contribution in [2.45, 2.75) is 6.29 Å². The van der Waals surface area contributed by atoms with Gasteiger partial charge in [-0.15, -0.1) is 0 Å². The number of carbonyl (C=O) groups excluding carboxylic acids is 2. The highest BCUT2D eigenvalue weighted by atomic mass is 16.6. The molecule has 1 atom stereocenters. The van der Waals surface area contributed by atoms with Gasteiger partial charge in [-0.05, 0) is 0 Å². The Bertz CT molecular complexity index is 159. The smallest absolute Gasteiger partial charge is 0.324 e. The van der Waals surface area contributed by atoms with E-state index in [0.29, 0.717) is 0 Å². The monoisotopic (exact) mass is 163 g/mol. The molecule has 0 spiro atoms. The molecule has 0 saturated heterocycles. The van der Waals surface area contributed by atoms with Crippen molar-refractivity contribution in [3.05, 3.63) is 0 Å². The Balaban J connectivity index is 3.66. The zero-order valence-electron chi connectivity index (χ0n) is 5.61. The zero-order valence-corrected chi connectivity index (χ0v) is 5.61. The van der Waals surface area contributed by atoms with E-state index < -0.39 is 18.2 Å². The number of rotatable bonds is 4. The molecule has 6 N–H and O–H groups in total. The largest absolute Gasteiger partial charge is 0.425 e. The molecular formula is C4H9N3O4. The number of hydrogen-bond acceptors (Lipinski definition) is 6. The predicted octanol–water partition coefficient (Wildman–Crippen LogP) is -3.20. The maximum atomic E-state index is 10.4. The van der Waals surface area contributed by atoms with Gasteiger partial charge in [-0.1, -0.05) is 0 Å². The van der Waals surface area contributed by atoms with Gasteiger partial charge in [0.25, 0.3) is 12.2 Å². The molecule has 1 amide bonds. The molecule has 7 nitrogen and oxygen atoms in total. The van der Waals surface area contributed by atoms with Crippen LogP contribution in [0.3, 0.4) is 0 Å². The van der Waals surface area contributed by atoms with Gasteiger partial charge in [0, 0.05) is 0 Å². The van der Waals surface area contributed by atoms with Gasteiger partial charge in [0.2, 0.25) is 0 Å². The van der Waals surface area contributed by atoms with Crippen molar-refractivity contribution in [3.8, 4) is 0 Å². The third kappa shape index (κ3) is 4.25. The van der Waals surface area contributed by atoms with Crippen molar-refractivity contribution >= 4 is 11.9 Å². The van der Waals surface area contributed by atoms with Crippen molar-refractivity contribution < 1.29 is 19.4 Å². The molecule has 0 aromatic carbocycles. The fraction of sp³-hybridized carbons (Fsp3) is 0.500. The summed E-state index contributed by atoms with van der Waals surface area (Å²) >= 11 is 0. The lowest BCUT2D eigenvalue weighted by atomic mass is 10.6. The Hall–Kier alpha value is -1.18. The van der Waals surface area contributed by atoms with E-state index >= 15 is 0 Å². The van der Waals surface area contributed by atoms with Crippen molar-refractivity contribution in [1.29, 1.82) is 0 Å². The molecule has 7 heteroatoms. The summed E-state index contributed by atoms with van der Waals surface area (Å²) in [6.45, 7) is -0.301. The van der Waals surface area contributed by atoms with E-state index in [1.54, 1.807) is 0 Å². The summed E-state index contributed by atoms with van der Waals surface area (Å²) in [6, 6.07) is 0. The SMILES string of the molecule is NNCC(=O)OC(O)C(N)=O. The highest BCUT2D eigenvalue weighted by Gasteiger charge is 2.15. The average molecular weight is 163 g/mol. The molecule has 11 heavy (non-hydrogen) atoms. The first-order valence-corrected chi connectivity index (χ1v) is 2.68. The van der Waals surface area contributed by atoms with E-state index in [4.69, 9.17) is 10.9 Å². The number of amides is 1. The summed E-state index contributed by atoms with van der Waals surface area (Å²) in [5.74, 6) is 2.74. The van der Waals surface area contributed by atoms with Crippen molar-refractivity contribution in [3.63, 3.8) is 0 Å². The van der Waals surface area contributed by atoms with Crippen LogP contribution >= 0.6 is 0 Å². The second-order valence-corrected chi connectivity index (χ2v) is 1.63. The summed E-state index contributed by atoms with van der Waals surface area (Å²) in [5.41, 5.74) is 6.54. The topological polar surface area (TPSA) is 128 Å². The standard InChI is InChI=1S/C4H9N3O4/c5-3(9)4(10)11-2(8)1-7-6/h4,7,10H,1,6H2,(H2,5,9). The fourth-order valence-electron chi connectivity index (χ4n) is 0.308. The summed E-state index contributed by atoms with van der Waals surface area (Å²) < 4.78 is 4.05. The summed E-state index contributed by atoms with van der Waals surface area (Å²) in [7, 11) is 0. The van der Waals surface area contributed by atoms with Crippen LogP contribution in [0.1, 0.15) is 0 Å². The van der Waals surface area contributed by atoms with Crippen LogP contribution in [-0.2, 0) is 14.3 Å². The maximum absolute atomic E-state index is 10.4. The first kappa shape index (κ1) is 9.82. The Kier molecular flexibility index (Phi) is 4.11. The molecule has 0 radical (unpaired) electrons. The first-order valence-electron chi connectivity index (χ1n) is 2.68. The number of primary amides is 1. The number of carbonyl (C=O) groups is 2. The summed E-state index contributed by atoms with van der Waals surface area (Å²) in [5, 5.41) is 8.54. The number of hydrogen-bond donors (Lipinski definition) is 4. The van der Waals surface area contributed by atoms with Gasteiger partial charge in [-0.25, -0.2) is 5.43 Å². The molecule has 0 saturated carbocycles. The van der Waals surface area contributed by atoms with E-state index in [1.807, 2.05) is 5.43 Å².